The van der Waals surface area contributed by atoms with Crippen molar-refractivity contribution in [3.63, 3.8) is 0 Å². The van der Waals surface area contributed by atoms with Crippen molar-refractivity contribution in [2.24, 2.45) is 0 Å². The third-order valence-electron chi connectivity index (χ3n) is 8.41. The maximum Gasteiger partial charge on any atom is 0.270 e. The van der Waals surface area contributed by atoms with Gasteiger partial charge in [-0.25, -0.2) is 14.5 Å². The van der Waals surface area contributed by atoms with E-state index in [0.29, 0.717) is 33.8 Å². The lowest BCUT2D eigenvalue weighted by Gasteiger charge is -2.38. The normalized spacial score (nSPS) is 14.4. The fourth-order valence-corrected chi connectivity index (χ4v) is 6.45. The molecular weight excluding hydrogens is 560 g/mol. The van der Waals surface area contributed by atoms with E-state index in [0.717, 1.165) is 65.4 Å². The molecule has 4 heterocycles. The Bertz CT molecular complexity index is 2050. The van der Waals surface area contributed by atoms with Gasteiger partial charge in [-0.05, 0) is 69.2 Å². The number of rotatable bonds is 5. The summed E-state index contributed by atoms with van der Waals surface area (Å²) in [7, 11) is 0. The molecule has 3 aromatic carbocycles. The van der Waals surface area contributed by atoms with Crippen LogP contribution < -0.4 is 15.8 Å². The molecule has 0 aliphatic carbocycles. The van der Waals surface area contributed by atoms with Crippen LogP contribution in [0.1, 0.15) is 25.0 Å². The van der Waals surface area contributed by atoms with Crippen molar-refractivity contribution >= 4 is 56.8 Å². The van der Waals surface area contributed by atoms with E-state index >= 15 is 0 Å². The second-order valence-corrected chi connectivity index (χ2v) is 11.9. The average molecular weight is 593 g/mol. The molecule has 1 saturated heterocycles. The molecule has 10 heteroatoms. The number of hydrogen-bond acceptors (Lipinski definition) is 7. The summed E-state index contributed by atoms with van der Waals surface area (Å²) in [6.45, 7) is 12.4. The Labute approximate surface area is 254 Å². The molecule has 3 aromatic heterocycles. The molecule has 1 aliphatic rings. The lowest BCUT2D eigenvalue weighted by molar-refractivity contribution is 0.209. The second-order valence-electron chi connectivity index (χ2n) is 11.5. The SMILES string of the molecule is Cc1cccc(C)c1-n1c(=O)c2cnc(Nc3ccc(N4CCN(C(C)C)CC4)c(Cl)c3)nc2n2c3ccccc3nc12. The molecule has 0 spiro atoms. The molecule has 9 nitrogen and oxygen atoms in total. The molecule has 0 amide bonds. The zero-order chi connectivity index (χ0) is 29.8. The summed E-state index contributed by atoms with van der Waals surface area (Å²) in [5.74, 6) is 0.871. The van der Waals surface area contributed by atoms with E-state index < -0.39 is 0 Å². The third kappa shape index (κ3) is 4.69. The third-order valence-corrected chi connectivity index (χ3v) is 8.71. The average Bonchev–Trinajstić information content (AvgIpc) is 3.38. The van der Waals surface area contributed by atoms with Gasteiger partial charge in [0.15, 0.2) is 5.65 Å². The predicted octanol–water partition coefficient (Wildman–Crippen LogP) is 6.13. The second kappa shape index (κ2) is 10.7. The first-order valence-corrected chi connectivity index (χ1v) is 15.0. The van der Waals surface area contributed by atoms with E-state index in [4.69, 9.17) is 21.6 Å². The zero-order valence-corrected chi connectivity index (χ0v) is 25.4. The van der Waals surface area contributed by atoms with Crippen LogP contribution in [0, 0.1) is 13.8 Å². The van der Waals surface area contributed by atoms with Crippen LogP contribution in [0.2, 0.25) is 5.02 Å². The van der Waals surface area contributed by atoms with Crippen LogP contribution in [-0.2, 0) is 0 Å². The van der Waals surface area contributed by atoms with Crippen molar-refractivity contribution in [2.75, 3.05) is 36.4 Å². The van der Waals surface area contributed by atoms with Gasteiger partial charge in [0.1, 0.15) is 5.39 Å². The van der Waals surface area contributed by atoms with Gasteiger partial charge in [-0.15, -0.1) is 0 Å². The van der Waals surface area contributed by atoms with Crippen LogP contribution in [0.15, 0.2) is 71.7 Å². The monoisotopic (exact) mass is 592 g/mol. The number of halogens is 1. The molecule has 0 bridgehead atoms. The Hall–Kier alpha value is -4.47. The van der Waals surface area contributed by atoms with E-state index in [1.165, 1.54) is 0 Å². The number of hydrogen-bond donors (Lipinski definition) is 1. The Morgan fingerprint density at radius 2 is 1.65 bits per heavy atom. The highest BCUT2D eigenvalue weighted by molar-refractivity contribution is 6.33. The molecule has 7 rings (SSSR count). The van der Waals surface area contributed by atoms with Crippen LogP contribution in [0.5, 0.6) is 0 Å². The quantitative estimate of drug-likeness (QED) is 0.258. The Kier molecular flexibility index (Phi) is 6.79. The predicted molar refractivity (Wildman–Crippen MR) is 175 cm³/mol. The summed E-state index contributed by atoms with van der Waals surface area (Å²) in [5, 5.41) is 4.37. The summed E-state index contributed by atoms with van der Waals surface area (Å²) in [6.07, 6.45) is 1.59. The van der Waals surface area contributed by atoms with Gasteiger partial charge in [-0.2, -0.15) is 4.98 Å². The van der Waals surface area contributed by atoms with Gasteiger partial charge in [-0.3, -0.25) is 14.1 Å². The largest absolute Gasteiger partial charge is 0.368 e. The lowest BCUT2D eigenvalue weighted by Crippen LogP contribution is -2.49. The highest BCUT2D eigenvalue weighted by Crippen LogP contribution is 2.31. The number of para-hydroxylation sites is 3. The maximum absolute atomic E-state index is 14.1. The summed E-state index contributed by atoms with van der Waals surface area (Å²) >= 11 is 6.78. The molecule has 1 aliphatic heterocycles. The van der Waals surface area contributed by atoms with E-state index in [9.17, 15) is 4.79 Å². The van der Waals surface area contributed by atoms with Gasteiger partial charge >= 0.3 is 0 Å². The molecule has 1 fully saturated rings. The Morgan fingerprint density at radius 3 is 2.37 bits per heavy atom. The maximum atomic E-state index is 14.1. The number of nitrogens with one attached hydrogen (secondary N) is 1. The molecular formula is C33H33ClN8O. The highest BCUT2D eigenvalue weighted by Gasteiger charge is 2.22. The van der Waals surface area contributed by atoms with E-state index in [2.05, 4.69) is 33.9 Å². The molecule has 0 atom stereocenters. The van der Waals surface area contributed by atoms with Crippen molar-refractivity contribution in [3.8, 4) is 5.69 Å². The minimum atomic E-state index is -0.216. The van der Waals surface area contributed by atoms with Crippen LogP contribution >= 0.6 is 11.6 Å². The van der Waals surface area contributed by atoms with Gasteiger partial charge in [0.25, 0.3) is 5.56 Å². The van der Waals surface area contributed by atoms with Crippen molar-refractivity contribution in [1.29, 1.82) is 0 Å². The van der Waals surface area contributed by atoms with Crippen LogP contribution in [-0.4, -0.2) is 61.0 Å². The first-order chi connectivity index (χ1) is 20.8. The number of benzene rings is 3. The lowest BCUT2D eigenvalue weighted by atomic mass is 10.1. The van der Waals surface area contributed by atoms with Crippen molar-refractivity contribution < 1.29 is 0 Å². The first-order valence-electron chi connectivity index (χ1n) is 14.6. The number of imidazole rings is 1. The van der Waals surface area contributed by atoms with Gasteiger partial charge in [0.05, 0.1) is 27.4 Å². The Morgan fingerprint density at radius 1 is 0.907 bits per heavy atom. The minimum absolute atomic E-state index is 0.216. The smallest absolute Gasteiger partial charge is 0.270 e. The minimum Gasteiger partial charge on any atom is -0.368 e. The first kappa shape index (κ1) is 27.4. The number of aromatic nitrogens is 5. The van der Waals surface area contributed by atoms with E-state index in [1.54, 1.807) is 10.8 Å². The number of piperazine rings is 1. The number of anilines is 3. The van der Waals surface area contributed by atoms with Crippen LogP contribution in [0.4, 0.5) is 17.3 Å². The fourth-order valence-electron chi connectivity index (χ4n) is 6.15. The molecule has 1 N–H and O–H groups in total. The van der Waals surface area contributed by atoms with E-state index in [1.807, 2.05) is 78.9 Å². The molecule has 0 unspecified atom stereocenters. The van der Waals surface area contributed by atoms with Gasteiger partial charge in [0, 0.05) is 44.1 Å². The molecule has 218 valence electrons. The van der Waals surface area contributed by atoms with Crippen LogP contribution in [0.3, 0.4) is 0 Å². The topological polar surface area (TPSA) is 83.6 Å². The van der Waals surface area contributed by atoms with Crippen LogP contribution in [0.25, 0.3) is 33.5 Å². The number of fused-ring (bicyclic) bond motifs is 5. The van der Waals surface area contributed by atoms with Gasteiger partial charge < -0.3 is 10.2 Å². The number of nitrogens with zero attached hydrogens (tertiary/aromatic N) is 7. The molecule has 0 radical (unpaired) electrons. The highest BCUT2D eigenvalue weighted by atomic mass is 35.5. The molecule has 43 heavy (non-hydrogen) atoms. The molecule has 6 aromatic rings. The van der Waals surface area contributed by atoms with Crippen molar-refractivity contribution in [2.45, 2.75) is 33.7 Å². The van der Waals surface area contributed by atoms with E-state index in [-0.39, 0.29) is 5.56 Å². The van der Waals surface area contributed by atoms with Gasteiger partial charge in [0.2, 0.25) is 11.7 Å². The molecule has 0 saturated carbocycles. The standard InChI is InChI=1S/C33H33ClN8O/c1-20(2)39-14-16-40(17-15-39)27-13-12-23(18-25(27)34)36-32-35-19-24-30(38-32)41-28-11-6-5-10-26(28)37-33(41)42(31(24)43)29-21(3)8-7-9-22(29)4/h5-13,18-20H,14-17H2,1-4H3,(H,35,36,38). The zero-order valence-electron chi connectivity index (χ0n) is 24.7. The summed E-state index contributed by atoms with van der Waals surface area (Å²) in [4.78, 5) is 33.2. The summed E-state index contributed by atoms with van der Waals surface area (Å²) in [6, 6.07) is 20.3. The van der Waals surface area contributed by atoms with Crippen molar-refractivity contribution in [1.82, 2.24) is 28.8 Å². The summed E-state index contributed by atoms with van der Waals surface area (Å²) in [5.41, 5.74) is 6.48. The number of aryl methyl sites for hydroxylation is 2. The summed E-state index contributed by atoms with van der Waals surface area (Å²) < 4.78 is 3.63. The van der Waals surface area contributed by atoms with Crippen molar-refractivity contribution in [3.05, 3.63) is 93.4 Å². The fraction of sp³-hybridized carbons (Fsp3) is 0.273. The van der Waals surface area contributed by atoms with Gasteiger partial charge in [-0.1, -0.05) is 41.9 Å². The Balaban J connectivity index is 1.31.